The van der Waals surface area contributed by atoms with Gasteiger partial charge in [0.25, 0.3) is 0 Å². The standard InChI is InChI=1S/C21H21N3O4/c1-21(2,3)12-8-9-15-16(10-12)28-17(11-27-15)19(25)24-23-18-13-6-4-5-7-14(13)22-20(18)26/h4-10,17,22,26H,11H2,1-3H3. The molecule has 0 spiro atoms. The van der Waals surface area contributed by atoms with Crippen LogP contribution >= 0.6 is 0 Å². The highest BCUT2D eigenvalue weighted by molar-refractivity contribution is 5.94. The van der Waals surface area contributed by atoms with Crippen LogP contribution in [0.5, 0.6) is 17.4 Å². The Morgan fingerprint density at radius 2 is 1.96 bits per heavy atom. The first kappa shape index (κ1) is 18.0. The number of amides is 1. The van der Waals surface area contributed by atoms with Gasteiger partial charge in [-0.05, 0) is 29.2 Å². The lowest BCUT2D eigenvalue weighted by molar-refractivity contribution is -0.127. The molecule has 2 heterocycles. The second kappa shape index (κ2) is 6.67. The number of aromatic hydroxyl groups is 1. The molecule has 1 unspecified atom stereocenters. The molecule has 1 aromatic heterocycles. The largest absolute Gasteiger partial charge is 0.493 e. The van der Waals surface area contributed by atoms with Gasteiger partial charge >= 0.3 is 5.91 Å². The van der Waals surface area contributed by atoms with Crippen molar-refractivity contribution < 1.29 is 19.4 Å². The van der Waals surface area contributed by atoms with Crippen molar-refractivity contribution in [2.45, 2.75) is 32.3 Å². The topological polar surface area (TPSA) is 96.3 Å². The molecule has 144 valence electrons. The molecule has 0 radical (unpaired) electrons. The molecule has 0 fully saturated rings. The molecule has 1 aliphatic heterocycles. The summed E-state index contributed by atoms with van der Waals surface area (Å²) in [5.74, 6) is 0.403. The van der Waals surface area contributed by atoms with Crippen LogP contribution in [0.25, 0.3) is 10.9 Å². The zero-order valence-corrected chi connectivity index (χ0v) is 15.9. The van der Waals surface area contributed by atoms with E-state index in [1.807, 2.05) is 30.3 Å². The summed E-state index contributed by atoms with van der Waals surface area (Å²) in [5, 5.41) is 18.4. The highest BCUT2D eigenvalue weighted by Crippen LogP contribution is 2.37. The quantitative estimate of drug-likeness (QED) is 0.635. The smallest absolute Gasteiger partial charge is 0.308 e. The fraction of sp³-hybridized carbons (Fsp3) is 0.286. The van der Waals surface area contributed by atoms with Crippen LogP contribution < -0.4 is 9.47 Å². The highest BCUT2D eigenvalue weighted by Gasteiger charge is 2.29. The number of carbonyl (C=O) groups is 1. The third kappa shape index (κ3) is 3.31. The number of nitrogens with one attached hydrogen (secondary N) is 1. The van der Waals surface area contributed by atoms with Crippen molar-refractivity contribution in [2.24, 2.45) is 10.2 Å². The fourth-order valence-corrected chi connectivity index (χ4v) is 3.04. The van der Waals surface area contributed by atoms with Gasteiger partial charge in [-0.25, -0.2) is 0 Å². The molecule has 2 aromatic carbocycles. The van der Waals surface area contributed by atoms with Crippen molar-refractivity contribution in [3.8, 4) is 17.4 Å². The lowest BCUT2D eigenvalue weighted by atomic mass is 9.87. The van der Waals surface area contributed by atoms with Gasteiger partial charge in [0.15, 0.2) is 17.2 Å². The van der Waals surface area contributed by atoms with Crippen molar-refractivity contribution in [1.82, 2.24) is 4.98 Å². The van der Waals surface area contributed by atoms with Crippen LogP contribution in [0.3, 0.4) is 0 Å². The molecule has 0 bridgehead atoms. The number of aromatic nitrogens is 1. The van der Waals surface area contributed by atoms with Gasteiger partial charge in [-0.15, -0.1) is 10.2 Å². The Morgan fingerprint density at radius 3 is 2.75 bits per heavy atom. The van der Waals surface area contributed by atoms with Crippen LogP contribution in [0.1, 0.15) is 26.3 Å². The average molecular weight is 379 g/mol. The molecule has 0 aliphatic carbocycles. The second-order valence-electron chi connectivity index (χ2n) is 7.74. The third-order valence-corrected chi connectivity index (χ3v) is 4.65. The van der Waals surface area contributed by atoms with E-state index in [1.54, 1.807) is 12.1 Å². The summed E-state index contributed by atoms with van der Waals surface area (Å²) in [4.78, 5) is 15.3. The van der Waals surface area contributed by atoms with E-state index in [1.165, 1.54) is 0 Å². The number of aromatic amines is 1. The van der Waals surface area contributed by atoms with Crippen LogP contribution in [-0.2, 0) is 10.2 Å². The minimum Gasteiger partial charge on any atom is -0.493 e. The summed E-state index contributed by atoms with van der Waals surface area (Å²) >= 11 is 0. The van der Waals surface area contributed by atoms with Crippen molar-refractivity contribution >= 4 is 22.5 Å². The molecule has 28 heavy (non-hydrogen) atoms. The number of hydrogen-bond donors (Lipinski definition) is 2. The molecular formula is C21H21N3O4. The molecule has 7 nitrogen and oxygen atoms in total. The molecule has 4 rings (SSSR count). The first-order chi connectivity index (χ1) is 13.3. The van der Waals surface area contributed by atoms with Gasteiger partial charge in [0.1, 0.15) is 6.61 Å². The number of carbonyl (C=O) groups excluding carboxylic acids is 1. The lowest BCUT2D eigenvalue weighted by Crippen LogP contribution is -2.35. The zero-order chi connectivity index (χ0) is 19.9. The zero-order valence-electron chi connectivity index (χ0n) is 15.9. The summed E-state index contributed by atoms with van der Waals surface area (Å²) in [6.07, 6.45) is -0.890. The number of para-hydroxylation sites is 1. The summed E-state index contributed by atoms with van der Waals surface area (Å²) < 4.78 is 11.5. The number of ether oxygens (including phenoxy) is 2. The van der Waals surface area contributed by atoms with Crippen LogP contribution in [0.15, 0.2) is 52.7 Å². The number of azo groups is 1. The maximum absolute atomic E-state index is 12.5. The predicted octanol–water partition coefficient (Wildman–Crippen LogP) is 4.62. The van der Waals surface area contributed by atoms with E-state index in [4.69, 9.17) is 9.47 Å². The fourth-order valence-electron chi connectivity index (χ4n) is 3.04. The van der Waals surface area contributed by atoms with Gasteiger partial charge < -0.3 is 19.6 Å². The van der Waals surface area contributed by atoms with Crippen molar-refractivity contribution in [3.05, 3.63) is 48.0 Å². The van der Waals surface area contributed by atoms with E-state index in [-0.39, 0.29) is 23.6 Å². The predicted molar refractivity (Wildman–Crippen MR) is 105 cm³/mol. The minimum absolute atomic E-state index is 0.0537. The molecule has 1 atom stereocenters. The minimum atomic E-state index is -0.890. The molecule has 1 amide bonds. The van der Waals surface area contributed by atoms with E-state index in [0.29, 0.717) is 22.4 Å². The third-order valence-electron chi connectivity index (χ3n) is 4.65. The number of benzene rings is 2. The number of rotatable bonds is 2. The Kier molecular flexibility index (Phi) is 4.30. The summed E-state index contributed by atoms with van der Waals surface area (Å²) in [7, 11) is 0. The second-order valence-corrected chi connectivity index (χ2v) is 7.74. The van der Waals surface area contributed by atoms with Crippen molar-refractivity contribution in [1.29, 1.82) is 0 Å². The monoisotopic (exact) mass is 379 g/mol. The molecule has 0 saturated heterocycles. The maximum atomic E-state index is 12.5. The van der Waals surface area contributed by atoms with E-state index in [2.05, 4.69) is 36.0 Å². The van der Waals surface area contributed by atoms with Crippen LogP contribution in [0, 0.1) is 0 Å². The van der Waals surface area contributed by atoms with Gasteiger partial charge in [-0.1, -0.05) is 45.0 Å². The molecule has 7 heteroatoms. The molecule has 1 aliphatic rings. The Bertz CT molecular complexity index is 1080. The number of nitrogens with zero attached hydrogens (tertiary/aromatic N) is 2. The van der Waals surface area contributed by atoms with Gasteiger partial charge in [0.2, 0.25) is 12.0 Å². The van der Waals surface area contributed by atoms with Crippen molar-refractivity contribution in [2.75, 3.05) is 6.61 Å². The van der Waals surface area contributed by atoms with E-state index in [0.717, 1.165) is 5.56 Å². The lowest BCUT2D eigenvalue weighted by Gasteiger charge is -2.27. The number of H-pyrrole nitrogens is 1. The Labute approximate surface area is 162 Å². The van der Waals surface area contributed by atoms with Gasteiger partial charge in [-0.3, -0.25) is 4.79 Å². The van der Waals surface area contributed by atoms with E-state index >= 15 is 0 Å². The molecule has 3 aromatic rings. The molecule has 0 saturated carbocycles. The van der Waals surface area contributed by atoms with Gasteiger partial charge in [0, 0.05) is 5.39 Å². The van der Waals surface area contributed by atoms with Crippen molar-refractivity contribution in [3.63, 3.8) is 0 Å². The molecular weight excluding hydrogens is 358 g/mol. The summed E-state index contributed by atoms with van der Waals surface area (Å²) in [5.41, 5.74) is 1.95. The van der Waals surface area contributed by atoms with Crippen LogP contribution in [-0.4, -0.2) is 28.7 Å². The maximum Gasteiger partial charge on any atom is 0.308 e. The van der Waals surface area contributed by atoms with E-state index < -0.39 is 12.0 Å². The Morgan fingerprint density at radius 1 is 1.18 bits per heavy atom. The highest BCUT2D eigenvalue weighted by atomic mass is 16.6. The first-order valence-corrected chi connectivity index (χ1v) is 9.02. The van der Waals surface area contributed by atoms with E-state index in [9.17, 15) is 9.90 Å². The Balaban J connectivity index is 1.55. The molecule has 2 N–H and O–H groups in total. The Hall–Kier alpha value is -3.35. The summed E-state index contributed by atoms with van der Waals surface area (Å²) in [6, 6.07) is 13.0. The van der Waals surface area contributed by atoms with Crippen LogP contribution in [0.4, 0.5) is 5.69 Å². The summed E-state index contributed by atoms with van der Waals surface area (Å²) in [6.45, 7) is 6.36. The van der Waals surface area contributed by atoms with Crippen LogP contribution in [0.2, 0.25) is 0 Å². The normalized spacial score (nSPS) is 16.6. The first-order valence-electron chi connectivity index (χ1n) is 9.02. The average Bonchev–Trinajstić information content (AvgIpc) is 2.99. The van der Waals surface area contributed by atoms with Gasteiger partial charge in [-0.2, -0.15) is 0 Å². The number of hydrogen-bond acceptors (Lipinski definition) is 5. The SMILES string of the molecule is CC(C)(C)c1ccc2c(c1)OC(C(=O)N=Nc1c(O)[nH]c3ccccc13)CO2. The number of fused-ring (bicyclic) bond motifs is 2. The van der Waals surface area contributed by atoms with Gasteiger partial charge in [0.05, 0.1) is 5.52 Å².